The van der Waals surface area contributed by atoms with E-state index in [2.05, 4.69) is 0 Å². The maximum Gasteiger partial charge on any atom is 0.303 e. The molecular formula is C9H16N2O3. The van der Waals surface area contributed by atoms with Crippen molar-refractivity contribution in [3.8, 4) is 0 Å². The van der Waals surface area contributed by atoms with Crippen LogP contribution in [0.5, 0.6) is 0 Å². The summed E-state index contributed by atoms with van der Waals surface area (Å²) in [5.74, 6) is -0.793. The van der Waals surface area contributed by atoms with Gasteiger partial charge in [-0.05, 0) is 19.3 Å². The van der Waals surface area contributed by atoms with Gasteiger partial charge in [0.15, 0.2) is 0 Å². The Hall–Kier alpha value is -1.10. The third-order valence-corrected chi connectivity index (χ3v) is 2.45. The van der Waals surface area contributed by atoms with Crippen LogP contribution in [0.3, 0.4) is 0 Å². The minimum Gasteiger partial charge on any atom is -0.481 e. The lowest BCUT2D eigenvalue weighted by Gasteiger charge is -2.18. The van der Waals surface area contributed by atoms with Crippen molar-refractivity contribution in [1.82, 2.24) is 4.90 Å². The minimum atomic E-state index is -0.801. The van der Waals surface area contributed by atoms with Crippen molar-refractivity contribution in [1.29, 1.82) is 0 Å². The number of hydrogen-bond donors (Lipinski definition) is 2. The Morgan fingerprint density at radius 2 is 2.29 bits per heavy atom. The summed E-state index contributed by atoms with van der Waals surface area (Å²) in [4.78, 5) is 23.5. The highest BCUT2D eigenvalue weighted by molar-refractivity contribution is 5.81. The molecule has 0 aromatic heterocycles. The van der Waals surface area contributed by atoms with Crippen LogP contribution in [-0.2, 0) is 9.59 Å². The molecule has 5 heteroatoms. The summed E-state index contributed by atoms with van der Waals surface area (Å²) in [5, 5.41) is 8.58. The Morgan fingerprint density at radius 1 is 1.64 bits per heavy atom. The number of amides is 1. The number of hydrogen-bond acceptors (Lipinski definition) is 3. The zero-order chi connectivity index (χ0) is 10.7. The lowest BCUT2D eigenvalue weighted by Crippen LogP contribution is -2.40. The monoisotopic (exact) mass is 200 g/mol. The second kappa shape index (κ2) is 4.41. The van der Waals surface area contributed by atoms with Gasteiger partial charge in [0, 0.05) is 19.5 Å². The van der Waals surface area contributed by atoms with Gasteiger partial charge in [-0.1, -0.05) is 0 Å². The van der Waals surface area contributed by atoms with Gasteiger partial charge in [0.2, 0.25) is 5.91 Å². The highest BCUT2D eigenvalue weighted by Crippen LogP contribution is 2.19. The summed E-state index contributed by atoms with van der Waals surface area (Å²) < 4.78 is 0. The summed E-state index contributed by atoms with van der Waals surface area (Å²) in [7, 11) is 0. The van der Waals surface area contributed by atoms with Crippen molar-refractivity contribution < 1.29 is 14.7 Å². The molecule has 0 saturated carbocycles. The normalized spacial score (nSPS) is 23.6. The molecule has 2 atom stereocenters. The van der Waals surface area contributed by atoms with Gasteiger partial charge in [0.25, 0.3) is 0 Å². The molecule has 0 aromatic rings. The van der Waals surface area contributed by atoms with Crippen LogP contribution in [0.2, 0.25) is 0 Å². The zero-order valence-corrected chi connectivity index (χ0v) is 8.27. The number of carboxylic acids is 1. The first kappa shape index (κ1) is 11.0. The highest BCUT2D eigenvalue weighted by atomic mass is 16.4. The van der Waals surface area contributed by atoms with Crippen LogP contribution in [0, 0.1) is 5.92 Å². The van der Waals surface area contributed by atoms with Crippen molar-refractivity contribution >= 4 is 11.9 Å². The topological polar surface area (TPSA) is 83.6 Å². The van der Waals surface area contributed by atoms with Gasteiger partial charge in [0.05, 0.1) is 6.04 Å². The Kier molecular flexibility index (Phi) is 3.46. The first-order chi connectivity index (χ1) is 6.50. The van der Waals surface area contributed by atoms with E-state index in [-0.39, 0.29) is 18.2 Å². The van der Waals surface area contributed by atoms with Crippen LogP contribution >= 0.6 is 0 Å². The van der Waals surface area contributed by atoms with Crippen LogP contribution in [0.4, 0.5) is 0 Å². The maximum atomic E-state index is 11.4. The summed E-state index contributed by atoms with van der Waals surface area (Å²) in [6, 6.07) is -0.487. The molecule has 1 saturated heterocycles. The van der Waals surface area contributed by atoms with E-state index in [4.69, 9.17) is 10.8 Å². The molecule has 1 rings (SSSR count). The number of nitrogens with zero attached hydrogens (tertiary/aromatic N) is 1. The van der Waals surface area contributed by atoms with E-state index in [0.29, 0.717) is 13.1 Å². The van der Waals surface area contributed by atoms with Crippen LogP contribution in [0.15, 0.2) is 0 Å². The van der Waals surface area contributed by atoms with E-state index in [9.17, 15) is 9.59 Å². The first-order valence-electron chi connectivity index (χ1n) is 4.77. The minimum absolute atomic E-state index is 0.0853. The fraction of sp³-hybridized carbons (Fsp3) is 0.778. The lowest BCUT2D eigenvalue weighted by atomic mass is 10.1. The Balaban J connectivity index is 2.41. The molecule has 14 heavy (non-hydrogen) atoms. The molecule has 0 aliphatic carbocycles. The van der Waals surface area contributed by atoms with E-state index < -0.39 is 12.0 Å². The fourth-order valence-electron chi connectivity index (χ4n) is 1.73. The average molecular weight is 200 g/mol. The Bertz CT molecular complexity index is 240. The van der Waals surface area contributed by atoms with Crippen molar-refractivity contribution in [3.63, 3.8) is 0 Å². The van der Waals surface area contributed by atoms with Crippen molar-refractivity contribution in [2.45, 2.75) is 25.8 Å². The summed E-state index contributed by atoms with van der Waals surface area (Å²) in [6.45, 7) is 2.82. The molecule has 1 amide bonds. The van der Waals surface area contributed by atoms with Gasteiger partial charge in [0.1, 0.15) is 0 Å². The Morgan fingerprint density at radius 3 is 2.79 bits per heavy atom. The molecule has 1 fully saturated rings. The van der Waals surface area contributed by atoms with Gasteiger partial charge in [-0.3, -0.25) is 9.59 Å². The van der Waals surface area contributed by atoms with Crippen LogP contribution in [-0.4, -0.2) is 41.0 Å². The van der Waals surface area contributed by atoms with E-state index in [0.717, 1.165) is 6.42 Å². The molecule has 1 aliphatic rings. The van der Waals surface area contributed by atoms with Crippen LogP contribution < -0.4 is 5.73 Å². The molecular weight excluding hydrogens is 184 g/mol. The number of carbonyl (C=O) groups excluding carboxylic acids is 1. The van der Waals surface area contributed by atoms with Gasteiger partial charge in [-0.15, -0.1) is 0 Å². The second-order valence-electron chi connectivity index (χ2n) is 3.83. The predicted molar refractivity (Wildman–Crippen MR) is 50.6 cm³/mol. The molecule has 0 bridgehead atoms. The van der Waals surface area contributed by atoms with Gasteiger partial charge in [-0.25, -0.2) is 0 Å². The quantitative estimate of drug-likeness (QED) is 0.652. The summed E-state index contributed by atoms with van der Waals surface area (Å²) in [6.07, 6.45) is 0.910. The van der Waals surface area contributed by atoms with E-state index in [1.165, 1.54) is 0 Å². The van der Waals surface area contributed by atoms with E-state index in [1.807, 2.05) is 0 Å². The smallest absolute Gasteiger partial charge is 0.303 e. The van der Waals surface area contributed by atoms with Crippen LogP contribution in [0.1, 0.15) is 19.8 Å². The number of aliphatic carboxylic acids is 1. The number of carboxylic acid groups (broad SMARTS) is 1. The third kappa shape index (κ3) is 2.70. The first-order valence-corrected chi connectivity index (χ1v) is 4.77. The van der Waals surface area contributed by atoms with E-state index >= 15 is 0 Å². The summed E-state index contributed by atoms with van der Waals surface area (Å²) in [5.41, 5.74) is 5.45. The fourth-order valence-corrected chi connectivity index (χ4v) is 1.73. The second-order valence-corrected chi connectivity index (χ2v) is 3.83. The van der Waals surface area contributed by atoms with Crippen molar-refractivity contribution in [2.75, 3.05) is 13.1 Å². The molecule has 1 unspecified atom stereocenters. The molecule has 1 heterocycles. The number of nitrogens with two attached hydrogens (primary N) is 1. The molecule has 1 aliphatic heterocycles. The largest absolute Gasteiger partial charge is 0.481 e. The Labute approximate surface area is 82.9 Å². The van der Waals surface area contributed by atoms with Gasteiger partial charge in [-0.2, -0.15) is 0 Å². The van der Waals surface area contributed by atoms with E-state index in [1.54, 1.807) is 11.8 Å². The van der Waals surface area contributed by atoms with Crippen LogP contribution in [0.25, 0.3) is 0 Å². The molecule has 3 N–H and O–H groups in total. The zero-order valence-electron chi connectivity index (χ0n) is 8.27. The van der Waals surface area contributed by atoms with Gasteiger partial charge >= 0.3 is 5.97 Å². The predicted octanol–water partition coefficient (Wildman–Crippen LogP) is -0.343. The van der Waals surface area contributed by atoms with Crippen molar-refractivity contribution in [3.05, 3.63) is 0 Å². The molecule has 5 nitrogen and oxygen atoms in total. The maximum absolute atomic E-state index is 11.4. The standard InChI is InChI=1S/C9H16N2O3/c1-6(10)9(14)11-3-2-7(5-11)4-8(12)13/h6-7H,2-5,10H2,1H3,(H,12,13)/t6-,7?/m0/s1. The lowest BCUT2D eigenvalue weighted by molar-refractivity contribution is -0.138. The number of rotatable bonds is 3. The average Bonchev–Trinajstić information content (AvgIpc) is 2.50. The summed E-state index contributed by atoms with van der Waals surface area (Å²) >= 11 is 0. The van der Waals surface area contributed by atoms with Crippen molar-refractivity contribution in [2.24, 2.45) is 11.7 Å². The molecule has 80 valence electrons. The highest BCUT2D eigenvalue weighted by Gasteiger charge is 2.28. The van der Waals surface area contributed by atoms with Gasteiger partial charge < -0.3 is 15.7 Å². The molecule has 0 spiro atoms. The number of carbonyl (C=O) groups is 2. The SMILES string of the molecule is C[C@H](N)C(=O)N1CCC(CC(=O)O)C1. The number of likely N-dealkylation sites (tertiary alicyclic amines) is 1. The molecule has 0 radical (unpaired) electrons. The molecule has 0 aromatic carbocycles. The third-order valence-electron chi connectivity index (χ3n) is 2.45.